The zero-order valence-electron chi connectivity index (χ0n) is 16.0. The van der Waals surface area contributed by atoms with Crippen LogP contribution in [0.4, 0.5) is 11.5 Å². The van der Waals surface area contributed by atoms with Gasteiger partial charge in [-0.2, -0.15) is 0 Å². The molecule has 0 amide bonds. The van der Waals surface area contributed by atoms with E-state index in [0.717, 1.165) is 30.6 Å². The minimum absolute atomic E-state index is 0.531. The molecule has 2 aliphatic rings. The van der Waals surface area contributed by atoms with Crippen LogP contribution >= 0.6 is 0 Å². The number of pyridine rings is 1. The molecule has 1 aromatic heterocycles. The van der Waals surface area contributed by atoms with E-state index in [9.17, 15) is 0 Å². The van der Waals surface area contributed by atoms with Crippen molar-refractivity contribution in [3.63, 3.8) is 0 Å². The molecule has 7 heteroatoms. The third-order valence-corrected chi connectivity index (χ3v) is 5.12. The smallest absolute Gasteiger partial charge is 0.153 e. The SMILES string of the molecule is C=C1CC(CN2C=CNN2)CN1c1ccc(-c2ccc(N=CN)nc2)cc1C. The molecule has 0 spiro atoms. The van der Waals surface area contributed by atoms with Gasteiger partial charge in [0.2, 0.25) is 0 Å². The highest BCUT2D eigenvalue weighted by atomic mass is 15.7. The molecule has 1 aromatic carbocycles. The van der Waals surface area contributed by atoms with Crippen molar-refractivity contribution in [1.29, 1.82) is 0 Å². The number of hydrogen-bond donors (Lipinski definition) is 3. The van der Waals surface area contributed by atoms with Gasteiger partial charge < -0.3 is 16.1 Å². The van der Waals surface area contributed by atoms with Gasteiger partial charge in [-0.1, -0.05) is 12.6 Å². The van der Waals surface area contributed by atoms with E-state index in [4.69, 9.17) is 5.73 Å². The van der Waals surface area contributed by atoms with Crippen molar-refractivity contribution in [3.8, 4) is 11.1 Å². The van der Waals surface area contributed by atoms with Crippen molar-refractivity contribution in [3.05, 3.63) is 66.8 Å². The van der Waals surface area contributed by atoms with Crippen molar-refractivity contribution >= 4 is 17.8 Å². The number of aryl methyl sites for hydroxylation is 1. The zero-order valence-corrected chi connectivity index (χ0v) is 16.0. The van der Waals surface area contributed by atoms with Gasteiger partial charge in [-0.3, -0.25) is 5.01 Å². The van der Waals surface area contributed by atoms with Crippen molar-refractivity contribution in [2.75, 3.05) is 18.0 Å². The monoisotopic (exact) mass is 375 g/mol. The van der Waals surface area contributed by atoms with Crippen LogP contribution in [0.3, 0.4) is 0 Å². The summed E-state index contributed by atoms with van der Waals surface area (Å²) in [4.78, 5) is 10.6. The summed E-state index contributed by atoms with van der Waals surface area (Å²) in [5, 5.41) is 2.07. The minimum Gasteiger partial charge on any atom is -0.390 e. The van der Waals surface area contributed by atoms with Crippen LogP contribution in [0.5, 0.6) is 0 Å². The molecule has 28 heavy (non-hydrogen) atoms. The summed E-state index contributed by atoms with van der Waals surface area (Å²) < 4.78 is 0. The van der Waals surface area contributed by atoms with Crippen molar-refractivity contribution in [1.82, 2.24) is 21.0 Å². The first-order valence-corrected chi connectivity index (χ1v) is 9.35. The number of allylic oxidation sites excluding steroid dienone is 1. The Hall–Kier alpha value is -3.32. The number of hydrogen-bond acceptors (Lipinski definition) is 6. The van der Waals surface area contributed by atoms with Crippen LogP contribution < -0.4 is 21.6 Å². The average molecular weight is 375 g/mol. The topological polar surface area (TPSA) is 81.8 Å². The van der Waals surface area contributed by atoms with Gasteiger partial charge in [0.1, 0.15) is 0 Å². The molecule has 144 valence electrons. The fraction of sp³-hybridized carbons (Fsp3) is 0.238. The molecular formula is C21H25N7. The van der Waals surface area contributed by atoms with Crippen LogP contribution in [0.25, 0.3) is 11.1 Å². The second-order valence-corrected chi connectivity index (χ2v) is 7.16. The predicted molar refractivity (Wildman–Crippen MR) is 113 cm³/mol. The Labute approximate surface area is 165 Å². The summed E-state index contributed by atoms with van der Waals surface area (Å²) in [6.07, 6.45) is 7.99. The second-order valence-electron chi connectivity index (χ2n) is 7.16. The first-order valence-electron chi connectivity index (χ1n) is 9.35. The molecule has 3 heterocycles. The summed E-state index contributed by atoms with van der Waals surface area (Å²) in [6.45, 7) is 8.37. The number of rotatable bonds is 5. The molecule has 1 atom stereocenters. The lowest BCUT2D eigenvalue weighted by atomic mass is 10.0. The van der Waals surface area contributed by atoms with E-state index in [2.05, 4.69) is 62.5 Å². The zero-order chi connectivity index (χ0) is 19.5. The third-order valence-electron chi connectivity index (χ3n) is 5.12. The standard InChI is InChI=1S/C21H25N7/c1-15-9-18(19-4-6-21(23-11-19)24-14-22)3-5-20(15)28-13-17(10-16(28)2)12-27-8-7-25-26-27/h3-9,11,14,17,25-26H,2,10,12-13H2,1H3,(H2,22,23,24). The van der Waals surface area contributed by atoms with E-state index in [1.165, 1.54) is 23.3 Å². The maximum Gasteiger partial charge on any atom is 0.153 e. The molecule has 0 saturated carbocycles. The molecule has 2 aliphatic heterocycles. The van der Waals surface area contributed by atoms with Crippen molar-refractivity contribution in [2.24, 2.45) is 16.6 Å². The van der Waals surface area contributed by atoms with Crippen LogP contribution in [0.15, 0.2) is 66.2 Å². The first kappa shape index (κ1) is 18.1. The van der Waals surface area contributed by atoms with Gasteiger partial charge in [0.05, 0.1) is 6.34 Å². The lowest BCUT2D eigenvalue weighted by Crippen LogP contribution is -2.39. The predicted octanol–water partition coefficient (Wildman–Crippen LogP) is 2.81. The van der Waals surface area contributed by atoms with E-state index >= 15 is 0 Å². The second kappa shape index (κ2) is 7.74. The van der Waals surface area contributed by atoms with Crippen LogP contribution in [0.1, 0.15) is 12.0 Å². The molecule has 7 nitrogen and oxygen atoms in total. The summed E-state index contributed by atoms with van der Waals surface area (Å²) >= 11 is 0. The molecule has 1 saturated heterocycles. The Morgan fingerprint density at radius 2 is 2.18 bits per heavy atom. The molecular weight excluding hydrogens is 350 g/mol. The van der Waals surface area contributed by atoms with Gasteiger partial charge in [0, 0.05) is 54.6 Å². The number of hydrazine groups is 2. The van der Waals surface area contributed by atoms with Crippen molar-refractivity contribution < 1.29 is 0 Å². The first-order chi connectivity index (χ1) is 13.6. The van der Waals surface area contributed by atoms with Crippen molar-refractivity contribution in [2.45, 2.75) is 13.3 Å². The van der Waals surface area contributed by atoms with Crippen LogP contribution in [0.2, 0.25) is 0 Å². The quantitative estimate of drug-likeness (QED) is 0.551. The Morgan fingerprint density at radius 3 is 2.86 bits per heavy atom. The Balaban J connectivity index is 1.49. The Bertz CT molecular complexity index is 917. The fourth-order valence-electron chi connectivity index (χ4n) is 3.80. The van der Waals surface area contributed by atoms with Gasteiger partial charge >= 0.3 is 0 Å². The normalized spacial score (nSPS) is 19.0. The van der Waals surface area contributed by atoms with Crippen LogP contribution in [-0.2, 0) is 0 Å². The van der Waals surface area contributed by atoms with Gasteiger partial charge in [0.25, 0.3) is 0 Å². The number of nitrogens with one attached hydrogen (secondary N) is 2. The summed E-state index contributed by atoms with van der Waals surface area (Å²) in [7, 11) is 0. The number of aliphatic imine (C=N–C) groups is 1. The lowest BCUT2D eigenvalue weighted by Gasteiger charge is -2.24. The fourth-order valence-corrected chi connectivity index (χ4v) is 3.80. The van der Waals surface area contributed by atoms with Gasteiger partial charge in [-0.15, -0.1) is 5.53 Å². The number of aromatic nitrogens is 1. The van der Waals surface area contributed by atoms with E-state index in [0.29, 0.717) is 11.7 Å². The van der Waals surface area contributed by atoms with Crippen LogP contribution in [0, 0.1) is 12.8 Å². The van der Waals surface area contributed by atoms with Crippen LogP contribution in [-0.4, -0.2) is 29.4 Å². The molecule has 4 N–H and O–H groups in total. The lowest BCUT2D eigenvalue weighted by molar-refractivity contribution is 0.238. The maximum absolute atomic E-state index is 5.32. The summed E-state index contributed by atoms with van der Waals surface area (Å²) in [6, 6.07) is 10.4. The third kappa shape index (κ3) is 3.70. The number of benzene rings is 1. The largest absolute Gasteiger partial charge is 0.390 e. The van der Waals surface area contributed by atoms with Gasteiger partial charge in [-0.05, 0) is 48.7 Å². The number of anilines is 1. The van der Waals surface area contributed by atoms with E-state index in [1.807, 2.05) is 30.7 Å². The van der Waals surface area contributed by atoms with E-state index in [1.54, 1.807) is 0 Å². The molecule has 4 rings (SSSR count). The molecule has 2 aromatic rings. The molecule has 0 bridgehead atoms. The Kier molecular flexibility index (Phi) is 4.99. The molecule has 0 radical (unpaired) electrons. The summed E-state index contributed by atoms with van der Waals surface area (Å²) in [5.41, 5.74) is 17.2. The average Bonchev–Trinajstić information content (AvgIpc) is 3.32. The summed E-state index contributed by atoms with van der Waals surface area (Å²) in [5.74, 6) is 1.14. The minimum atomic E-state index is 0.531. The van der Waals surface area contributed by atoms with Gasteiger partial charge in [-0.25, -0.2) is 9.98 Å². The highest BCUT2D eigenvalue weighted by Crippen LogP contribution is 2.35. The molecule has 1 unspecified atom stereocenters. The number of nitrogens with two attached hydrogens (primary N) is 1. The van der Waals surface area contributed by atoms with E-state index in [-0.39, 0.29) is 0 Å². The molecule has 1 fully saturated rings. The highest BCUT2D eigenvalue weighted by molar-refractivity contribution is 5.70. The number of nitrogens with zero attached hydrogens (tertiary/aromatic N) is 4. The van der Waals surface area contributed by atoms with Gasteiger partial charge in [0.15, 0.2) is 5.82 Å². The Morgan fingerprint density at radius 1 is 1.32 bits per heavy atom. The highest BCUT2D eigenvalue weighted by Gasteiger charge is 2.28. The van der Waals surface area contributed by atoms with E-state index < -0.39 is 0 Å². The molecule has 0 aliphatic carbocycles. The maximum atomic E-state index is 5.32.